The van der Waals surface area contributed by atoms with Crippen LogP contribution in [0.25, 0.3) is 0 Å². The number of ether oxygens (including phenoxy) is 2. The first-order chi connectivity index (χ1) is 28.1. The molecule has 0 spiro atoms. The van der Waals surface area contributed by atoms with Crippen molar-refractivity contribution in [2.24, 2.45) is 5.73 Å². The molecule has 11 nitrogen and oxygen atoms in total. The Hall–Kier alpha value is -3.86. The van der Waals surface area contributed by atoms with Crippen LogP contribution in [0.4, 0.5) is 0 Å². The average molecular weight is 830 g/mol. The molecule has 0 aliphatic rings. The summed E-state index contributed by atoms with van der Waals surface area (Å²) in [5.41, 5.74) is 5.32. The van der Waals surface area contributed by atoms with Gasteiger partial charge in [-0.1, -0.05) is 155 Å². The van der Waals surface area contributed by atoms with Crippen molar-refractivity contribution in [1.82, 2.24) is 0 Å². The van der Waals surface area contributed by atoms with E-state index in [-0.39, 0.29) is 12.8 Å². The van der Waals surface area contributed by atoms with Gasteiger partial charge < -0.3 is 25.2 Å². The quantitative estimate of drug-likeness (QED) is 0.0179. The smallest absolute Gasteiger partial charge is 0.472 e. The normalized spacial score (nSPS) is 14.8. The molecule has 0 heterocycles. The first kappa shape index (κ1) is 54.1. The molecule has 0 fully saturated rings. The van der Waals surface area contributed by atoms with E-state index in [0.29, 0.717) is 19.3 Å². The van der Waals surface area contributed by atoms with E-state index in [1.165, 1.54) is 19.3 Å². The van der Waals surface area contributed by atoms with Gasteiger partial charge in [-0.3, -0.25) is 23.4 Å². The van der Waals surface area contributed by atoms with Gasteiger partial charge >= 0.3 is 25.7 Å². The Morgan fingerprint density at radius 1 is 0.569 bits per heavy atom. The van der Waals surface area contributed by atoms with Crippen LogP contribution in [0.15, 0.2) is 109 Å². The largest absolute Gasteiger partial charge is 0.480 e. The number of hydrogen-bond acceptors (Lipinski definition) is 9. The number of carboxylic acids is 1. The molecule has 326 valence electrons. The monoisotopic (exact) mass is 829 g/mol. The fourth-order valence-electron chi connectivity index (χ4n) is 4.82. The molecule has 0 aliphatic carbocycles. The van der Waals surface area contributed by atoms with Crippen LogP contribution in [0.3, 0.4) is 0 Å². The molecule has 0 rings (SSSR count). The first-order valence-electron chi connectivity index (χ1n) is 21.0. The minimum absolute atomic E-state index is 0.0249. The molecule has 12 heteroatoms. The summed E-state index contributed by atoms with van der Waals surface area (Å²) in [5.74, 6) is -2.53. The molecule has 0 saturated carbocycles. The van der Waals surface area contributed by atoms with E-state index in [2.05, 4.69) is 73.1 Å². The standard InChI is InChI=1S/C46H72NO10P/c1-3-5-7-9-11-13-15-17-19-20-21-22-24-26-28-30-32-34-36-38-45(49)57-42(40-55-58(52,53)56-41-43(47)46(50)51)39-54-44(48)37-35-33-31-29-27-25-23-18-16-14-12-10-8-6-4-2/h6,8,10-14,16-19,21-23,26,28,32,34,42-43H,3-5,7,9,15,20,24-25,27,29-31,33,35-41,47H2,1-2H3,(H,50,51)(H,52,53)/b8-6+,12-10+,13-11+,16-14+,19-17+,22-21+,23-18+,28-26+,34-32+/t42-,43+/m1/s1. The van der Waals surface area contributed by atoms with Crippen molar-refractivity contribution < 1.29 is 47.5 Å². The average Bonchev–Trinajstić information content (AvgIpc) is 3.20. The second-order valence-corrected chi connectivity index (χ2v) is 14.9. The molecule has 0 amide bonds. The van der Waals surface area contributed by atoms with Crippen molar-refractivity contribution in [3.05, 3.63) is 109 Å². The maximum absolute atomic E-state index is 12.6. The Bertz CT molecular complexity index is 1390. The predicted molar refractivity (Wildman–Crippen MR) is 235 cm³/mol. The van der Waals surface area contributed by atoms with Crippen molar-refractivity contribution in [2.45, 2.75) is 142 Å². The lowest BCUT2D eigenvalue weighted by atomic mass is 10.1. The SMILES string of the molecule is CC/C=C/C=C/C=C/C=C/CCCCCCCC(=O)OC[C@H](COP(=O)(O)OC[C@H](N)C(=O)O)OC(=O)CC/C=C/C/C=C/C/C=C/C/C=C/C/C=C/CCCCC. The van der Waals surface area contributed by atoms with E-state index in [4.69, 9.17) is 24.8 Å². The van der Waals surface area contributed by atoms with Crippen LogP contribution in [-0.2, 0) is 37.5 Å². The minimum Gasteiger partial charge on any atom is -0.480 e. The Morgan fingerprint density at radius 2 is 1.07 bits per heavy atom. The van der Waals surface area contributed by atoms with Gasteiger partial charge in [-0.05, 0) is 70.6 Å². The molecule has 0 bridgehead atoms. The number of nitrogens with two attached hydrogens (primary N) is 1. The highest BCUT2D eigenvalue weighted by molar-refractivity contribution is 7.47. The minimum atomic E-state index is -4.75. The lowest BCUT2D eigenvalue weighted by molar-refractivity contribution is -0.161. The van der Waals surface area contributed by atoms with E-state index in [0.717, 1.165) is 64.2 Å². The molecular weight excluding hydrogens is 757 g/mol. The topological polar surface area (TPSA) is 172 Å². The first-order valence-corrected chi connectivity index (χ1v) is 22.5. The van der Waals surface area contributed by atoms with E-state index in [9.17, 15) is 23.8 Å². The van der Waals surface area contributed by atoms with E-state index >= 15 is 0 Å². The van der Waals surface area contributed by atoms with Crippen molar-refractivity contribution in [3.63, 3.8) is 0 Å². The molecule has 0 aromatic heterocycles. The Balaban J connectivity index is 4.58. The number of phosphoric acid groups is 1. The number of carboxylic acid groups (broad SMARTS) is 1. The summed E-state index contributed by atoms with van der Waals surface area (Å²) in [7, 11) is -4.75. The van der Waals surface area contributed by atoms with Gasteiger partial charge in [-0.25, -0.2) is 4.57 Å². The van der Waals surface area contributed by atoms with Crippen LogP contribution in [0, 0.1) is 0 Å². The third kappa shape index (κ3) is 39.0. The number of esters is 2. The maximum atomic E-state index is 12.6. The van der Waals surface area contributed by atoms with Crippen LogP contribution in [0.5, 0.6) is 0 Å². The fraction of sp³-hybridized carbons (Fsp3) is 0.543. The highest BCUT2D eigenvalue weighted by Crippen LogP contribution is 2.43. The van der Waals surface area contributed by atoms with Crippen molar-refractivity contribution in [2.75, 3.05) is 19.8 Å². The van der Waals surface area contributed by atoms with Gasteiger partial charge in [0.2, 0.25) is 0 Å². The maximum Gasteiger partial charge on any atom is 0.472 e. The second kappa shape index (κ2) is 39.9. The summed E-state index contributed by atoms with van der Waals surface area (Å²) in [6.07, 6.45) is 51.7. The molecule has 58 heavy (non-hydrogen) atoms. The Kier molecular flexibility index (Phi) is 37.3. The third-order valence-electron chi connectivity index (χ3n) is 8.11. The molecule has 0 saturated heterocycles. The van der Waals surface area contributed by atoms with Gasteiger partial charge in [0.15, 0.2) is 6.10 Å². The zero-order valence-corrected chi connectivity index (χ0v) is 36.0. The second-order valence-electron chi connectivity index (χ2n) is 13.5. The van der Waals surface area contributed by atoms with E-state index in [1.807, 2.05) is 54.7 Å². The zero-order valence-electron chi connectivity index (χ0n) is 35.1. The summed E-state index contributed by atoms with van der Waals surface area (Å²) in [6, 6.07) is -1.54. The molecule has 0 aromatic carbocycles. The number of carbonyl (C=O) groups excluding carboxylic acids is 2. The van der Waals surface area contributed by atoms with Gasteiger partial charge in [-0.2, -0.15) is 0 Å². The van der Waals surface area contributed by atoms with Gasteiger partial charge in [0.25, 0.3) is 0 Å². The lowest BCUT2D eigenvalue weighted by Gasteiger charge is -2.20. The number of hydrogen-bond donors (Lipinski definition) is 3. The van der Waals surface area contributed by atoms with E-state index < -0.39 is 57.7 Å². The highest BCUT2D eigenvalue weighted by atomic mass is 31.2. The van der Waals surface area contributed by atoms with Gasteiger partial charge in [0.05, 0.1) is 13.2 Å². The number of carbonyl (C=O) groups is 3. The molecule has 0 radical (unpaired) electrons. The van der Waals surface area contributed by atoms with Crippen LogP contribution >= 0.6 is 7.82 Å². The van der Waals surface area contributed by atoms with Crippen molar-refractivity contribution in [1.29, 1.82) is 0 Å². The van der Waals surface area contributed by atoms with Crippen LogP contribution < -0.4 is 5.73 Å². The van der Waals surface area contributed by atoms with Crippen molar-refractivity contribution >= 4 is 25.7 Å². The predicted octanol–water partition coefficient (Wildman–Crippen LogP) is 11.1. The fourth-order valence-corrected chi connectivity index (χ4v) is 5.60. The summed E-state index contributed by atoms with van der Waals surface area (Å²) >= 11 is 0. The summed E-state index contributed by atoms with van der Waals surface area (Å²) in [5, 5.41) is 8.88. The molecule has 3 atom stereocenters. The molecule has 1 unspecified atom stereocenters. The van der Waals surface area contributed by atoms with E-state index in [1.54, 1.807) is 0 Å². The number of phosphoric ester groups is 1. The Labute approximate surface area is 348 Å². The number of aliphatic carboxylic acids is 1. The molecule has 0 aromatic rings. The summed E-state index contributed by atoms with van der Waals surface area (Å²) in [6.45, 7) is 2.51. The van der Waals surface area contributed by atoms with Gasteiger partial charge in [0, 0.05) is 12.8 Å². The molecule has 0 aliphatic heterocycles. The third-order valence-corrected chi connectivity index (χ3v) is 9.06. The lowest BCUT2D eigenvalue weighted by Crippen LogP contribution is -2.34. The Morgan fingerprint density at radius 3 is 1.67 bits per heavy atom. The molecular formula is C46H72NO10P. The summed E-state index contributed by atoms with van der Waals surface area (Å²) < 4.78 is 32.5. The summed E-state index contributed by atoms with van der Waals surface area (Å²) in [4.78, 5) is 45.9. The van der Waals surface area contributed by atoms with Crippen LogP contribution in [-0.4, -0.2) is 59.9 Å². The highest BCUT2D eigenvalue weighted by Gasteiger charge is 2.28. The van der Waals surface area contributed by atoms with Gasteiger partial charge in [-0.15, -0.1) is 0 Å². The van der Waals surface area contributed by atoms with Crippen LogP contribution in [0.2, 0.25) is 0 Å². The zero-order chi connectivity index (χ0) is 42.8. The van der Waals surface area contributed by atoms with Crippen LogP contribution in [0.1, 0.15) is 129 Å². The van der Waals surface area contributed by atoms with Crippen molar-refractivity contribution in [3.8, 4) is 0 Å². The number of unbranched alkanes of at least 4 members (excludes halogenated alkanes) is 8. The number of rotatable bonds is 37. The number of allylic oxidation sites excluding steroid dienone is 18. The molecule has 4 N–H and O–H groups in total. The van der Waals surface area contributed by atoms with Gasteiger partial charge in [0.1, 0.15) is 12.6 Å².